The van der Waals surface area contributed by atoms with Crippen molar-refractivity contribution in [3.63, 3.8) is 0 Å². The van der Waals surface area contributed by atoms with Crippen LogP contribution in [0.3, 0.4) is 0 Å². The smallest absolute Gasteiger partial charge is 0.311 e. The van der Waals surface area contributed by atoms with Crippen LogP contribution in [-0.4, -0.2) is 41.3 Å². The molecule has 0 radical (unpaired) electrons. The Labute approximate surface area is 142 Å². The maximum atomic E-state index is 11.8. The molecule has 1 aliphatic carbocycles. The SMILES string of the molecule is COc1ccc(CSCC(=O)NCC2(C(=O)O)CC2)cc1[N+](=O)[O-]. The van der Waals surface area contributed by atoms with Crippen LogP contribution in [0.25, 0.3) is 0 Å². The van der Waals surface area contributed by atoms with Crippen molar-refractivity contribution in [2.75, 3.05) is 19.4 Å². The first kappa shape index (κ1) is 18.1. The second-order valence-electron chi connectivity index (χ2n) is 5.62. The highest BCUT2D eigenvalue weighted by molar-refractivity contribution is 7.99. The Kier molecular flexibility index (Phi) is 5.66. The zero-order chi connectivity index (χ0) is 17.7. The summed E-state index contributed by atoms with van der Waals surface area (Å²) in [5.41, 5.74) is -0.182. The molecule has 24 heavy (non-hydrogen) atoms. The van der Waals surface area contributed by atoms with Gasteiger partial charge < -0.3 is 15.2 Å². The van der Waals surface area contributed by atoms with Gasteiger partial charge in [0, 0.05) is 18.4 Å². The number of nitro benzene ring substituents is 1. The highest BCUT2D eigenvalue weighted by Gasteiger charge is 2.50. The molecule has 8 nitrogen and oxygen atoms in total. The van der Waals surface area contributed by atoms with E-state index in [1.165, 1.54) is 31.0 Å². The van der Waals surface area contributed by atoms with Gasteiger partial charge in [-0.15, -0.1) is 11.8 Å². The first-order chi connectivity index (χ1) is 11.4. The number of carbonyl (C=O) groups excluding carboxylic acids is 1. The van der Waals surface area contributed by atoms with Crippen LogP contribution >= 0.6 is 11.8 Å². The topological polar surface area (TPSA) is 119 Å². The molecule has 0 aliphatic heterocycles. The van der Waals surface area contributed by atoms with Gasteiger partial charge in [0.25, 0.3) is 0 Å². The molecule has 0 spiro atoms. The second kappa shape index (κ2) is 7.52. The van der Waals surface area contributed by atoms with E-state index in [0.29, 0.717) is 24.2 Å². The Morgan fingerprint density at radius 2 is 2.17 bits per heavy atom. The number of nitrogens with one attached hydrogen (secondary N) is 1. The molecule has 1 saturated carbocycles. The number of carboxylic acids is 1. The van der Waals surface area contributed by atoms with Gasteiger partial charge in [0.1, 0.15) is 0 Å². The molecule has 1 aromatic rings. The lowest BCUT2D eigenvalue weighted by Crippen LogP contribution is -2.35. The third-order valence-electron chi connectivity index (χ3n) is 3.87. The number of rotatable bonds is 9. The number of benzene rings is 1. The number of hydrogen-bond donors (Lipinski definition) is 2. The number of aliphatic carboxylic acids is 1. The lowest BCUT2D eigenvalue weighted by molar-refractivity contribution is -0.385. The van der Waals surface area contributed by atoms with Crippen molar-refractivity contribution >= 4 is 29.3 Å². The van der Waals surface area contributed by atoms with Crippen molar-refractivity contribution in [3.8, 4) is 5.75 Å². The number of amides is 1. The Bertz CT molecular complexity index is 659. The molecule has 130 valence electrons. The number of ether oxygens (including phenoxy) is 1. The zero-order valence-electron chi connectivity index (χ0n) is 13.1. The zero-order valence-corrected chi connectivity index (χ0v) is 13.9. The van der Waals surface area contributed by atoms with E-state index in [2.05, 4.69) is 5.32 Å². The lowest BCUT2D eigenvalue weighted by atomic mass is 10.1. The molecule has 0 heterocycles. The summed E-state index contributed by atoms with van der Waals surface area (Å²) in [6.07, 6.45) is 1.18. The van der Waals surface area contributed by atoms with Crippen LogP contribution in [0.15, 0.2) is 18.2 Å². The van der Waals surface area contributed by atoms with Crippen molar-refractivity contribution in [2.24, 2.45) is 5.41 Å². The summed E-state index contributed by atoms with van der Waals surface area (Å²) in [6, 6.07) is 4.66. The van der Waals surface area contributed by atoms with E-state index in [9.17, 15) is 19.7 Å². The summed E-state index contributed by atoms with van der Waals surface area (Å²) in [5, 5.41) is 22.6. The van der Waals surface area contributed by atoms with E-state index >= 15 is 0 Å². The standard InChI is InChI=1S/C15H18N2O6S/c1-23-12-3-2-10(6-11(12)17(21)22)7-24-8-13(18)16-9-15(4-5-15)14(19)20/h2-3,6H,4-5,7-9H2,1H3,(H,16,18)(H,19,20). The number of carboxylic acid groups (broad SMARTS) is 1. The Hall–Kier alpha value is -2.29. The number of carbonyl (C=O) groups is 2. The molecule has 0 atom stereocenters. The number of methoxy groups -OCH3 is 1. The molecule has 9 heteroatoms. The van der Waals surface area contributed by atoms with Crippen LogP contribution in [0.5, 0.6) is 5.75 Å². The van der Waals surface area contributed by atoms with Gasteiger partial charge in [-0.1, -0.05) is 6.07 Å². The third-order valence-corrected chi connectivity index (χ3v) is 4.88. The van der Waals surface area contributed by atoms with Gasteiger partial charge in [-0.05, 0) is 24.5 Å². The van der Waals surface area contributed by atoms with Crippen LogP contribution in [0, 0.1) is 15.5 Å². The van der Waals surface area contributed by atoms with Gasteiger partial charge in [-0.3, -0.25) is 19.7 Å². The van der Waals surface area contributed by atoms with E-state index < -0.39 is 16.3 Å². The van der Waals surface area contributed by atoms with Crippen molar-refractivity contribution in [2.45, 2.75) is 18.6 Å². The minimum Gasteiger partial charge on any atom is -0.490 e. The lowest BCUT2D eigenvalue weighted by Gasteiger charge is -2.11. The Morgan fingerprint density at radius 3 is 2.71 bits per heavy atom. The van der Waals surface area contributed by atoms with Gasteiger partial charge in [0.05, 0.1) is 23.2 Å². The average Bonchev–Trinajstić information content (AvgIpc) is 3.34. The number of hydrogen-bond acceptors (Lipinski definition) is 6. The summed E-state index contributed by atoms with van der Waals surface area (Å²) in [4.78, 5) is 33.2. The van der Waals surface area contributed by atoms with Crippen molar-refractivity contribution in [1.82, 2.24) is 5.32 Å². The second-order valence-corrected chi connectivity index (χ2v) is 6.60. The fourth-order valence-corrected chi connectivity index (χ4v) is 2.97. The summed E-state index contributed by atoms with van der Waals surface area (Å²) in [6.45, 7) is 0.149. The largest absolute Gasteiger partial charge is 0.490 e. The molecule has 2 N–H and O–H groups in total. The molecule has 0 unspecified atom stereocenters. The minimum absolute atomic E-state index is 0.114. The van der Waals surface area contributed by atoms with E-state index in [-0.39, 0.29) is 29.6 Å². The third kappa shape index (κ3) is 4.38. The van der Waals surface area contributed by atoms with Gasteiger partial charge in [0.2, 0.25) is 5.91 Å². The molecule has 1 fully saturated rings. The summed E-state index contributed by atoms with van der Waals surface area (Å²) in [7, 11) is 1.37. The maximum absolute atomic E-state index is 11.8. The molecule has 1 aromatic carbocycles. The van der Waals surface area contributed by atoms with Gasteiger partial charge in [-0.25, -0.2) is 0 Å². The van der Waals surface area contributed by atoms with Crippen LogP contribution in [0.1, 0.15) is 18.4 Å². The number of nitrogens with zero attached hydrogens (tertiary/aromatic N) is 1. The van der Waals surface area contributed by atoms with Crippen LogP contribution in [0.2, 0.25) is 0 Å². The van der Waals surface area contributed by atoms with Crippen LogP contribution in [0.4, 0.5) is 5.69 Å². The predicted octanol–water partition coefficient (Wildman–Crippen LogP) is 1.82. The van der Waals surface area contributed by atoms with Crippen LogP contribution in [-0.2, 0) is 15.3 Å². The highest BCUT2D eigenvalue weighted by atomic mass is 32.2. The molecule has 1 aliphatic rings. The molecule has 1 amide bonds. The summed E-state index contributed by atoms with van der Waals surface area (Å²) in [5.74, 6) is -0.330. The highest BCUT2D eigenvalue weighted by Crippen LogP contribution is 2.45. The van der Waals surface area contributed by atoms with Gasteiger partial charge in [0.15, 0.2) is 5.75 Å². The van der Waals surface area contributed by atoms with Crippen molar-refractivity contribution in [3.05, 3.63) is 33.9 Å². The van der Waals surface area contributed by atoms with Crippen molar-refractivity contribution in [1.29, 1.82) is 0 Å². The number of nitro groups is 1. The molecule has 0 saturated heterocycles. The van der Waals surface area contributed by atoms with Crippen molar-refractivity contribution < 1.29 is 24.4 Å². The number of thioether (sulfide) groups is 1. The first-order valence-electron chi connectivity index (χ1n) is 7.27. The fraction of sp³-hybridized carbons (Fsp3) is 0.467. The molecular formula is C15H18N2O6S. The normalized spacial score (nSPS) is 14.7. The van der Waals surface area contributed by atoms with Gasteiger partial charge >= 0.3 is 11.7 Å². The molecule has 0 bridgehead atoms. The minimum atomic E-state index is -0.874. The predicted molar refractivity (Wildman–Crippen MR) is 88.1 cm³/mol. The van der Waals surface area contributed by atoms with Crippen LogP contribution < -0.4 is 10.1 Å². The van der Waals surface area contributed by atoms with Gasteiger partial charge in [-0.2, -0.15) is 0 Å². The average molecular weight is 354 g/mol. The molecular weight excluding hydrogens is 336 g/mol. The van der Waals surface area contributed by atoms with E-state index in [4.69, 9.17) is 9.84 Å². The first-order valence-corrected chi connectivity index (χ1v) is 8.42. The summed E-state index contributed by atoms with van der Waals surface area (Å²) >= 11 is 1.30. The van der Waals surface area contributed by atoms with E-state index in [1.54, 1.807) is 6.07 Å². The van der Waals surface area contributed by atoms with E-state index in [1.807, 2.05) is 0 Å². The Morgan fingerprint density at radius 1 is 1.46 bits per heavy atom. The molecule has 0 aromatic heterocycles. The Balaban J connectivity index is 1.79. The quantitative estimate of drug-likeness (QED) is 0.513. The summed E-state index contributed by atoms with van der Waals surface area (Å²) < 4.78 is 4.93. The van der Waals surface area contributed by atoms with E-state index in [0.717, 1.165) is 0 Å². The maximum Gasteiger partial charge on any atom is 0.311 e. The molecule has 2 rings (SSSR count). The monoisotopic (exact) mass is 354 g/mol. The fourth-order valence-electron chi connectivity index (χ4n) is 2.17.